The Morgan fingerprint density at radius 2 is 2.06 bits per heavy atom. The molecule has 0 bridgehead atoms. The number of anilines is 1. The van der Waals surface area contributed by atoms with Crippen molar-refractivity contribution in [2.75, 3.05) is 11.9 Å². The zero-order valence-corrected chi connectivity index (χ0v) is 13.1. The van der Waals surface area contributed by atoms with Gasteiger partial charge in [0.1, 0.15) is 5.82 Å². The van der Waals surface area contributed by atoms with E-state index in [2.05, 4.69) is 66.9 Å². The molecule has 17 heavy (non-hydrogen) atoms. The molecule has 96 valence electrons. The van der Waals surface area contributed by atoms with Crippen LogP contribution in [0.25, 0.3) is 0 Å². The number of rotatable bonds is 5. The van der Waals surface area contributed by atoms with Crippen molar-refractivity contribution >= 4 is 21.7 Å². The third-order valence-corrected chi connectivity index (χ3v) is 3.17. The van der Waals surface area contributed by atoms with E-state index in [0.717, 1.165) is 22.8 Å². The van der Waals surface area contributed by atoms with Gasteiger partial charge in [-0.05, 0) is 52.2 Å². The molecule has 2 nitrogen and oxygen atoms in total. The van der Waals surface area contributed by atoms with Crippen molar-refractivity contribution in [1.82, 2.24) is 4.98 Å². The van der Waals surface area contributed by atoms with E-state index < -0.39 is 0 Å². The number of nitrogens with one attached hydrogen (secondary N) is 1. The van der Waals surface area contributed by atoms with E-state index in [-0.39, 0.29) is 0 Å². The Kier molecular flexibility index (Phi) is 4.99. The largest absolute Gasteiger partial charge is 0.369 e. The first-order chi connectivity index (χ1) is 7.80. The quantitative estimate of drug-likeness (QED) is 0.857. The van der Waals surface area contributed by atoms with Gasteiger partial charge in [-0.1, -0.05) is 27.7 Å². The number of aromatic nitrogens is 1. The van der Waals surface area contributed by atoms with Crippen molar-refractivity contribution in [2.24, 2.45) is 11.3 Å². The summed E-state index contributed by atoms with van der Waals surface area (Å²) in [6.45, 7) is 12.2. The van der Waals surface area contributed by atoms with Crippen LogP contribution >= 0.6 is 15.9 Å². The van der Waals surface area contributed by atoms with Gasteiger partial charge < -0.3 is 5.32 Å². The molecule has 0 saturated carbocycles. The highest BCUT2D eigenvalue weighted by Crippen LogP contribution is 2.26. The van der Waals surface area contributed by atoms with Crippen LogP contribution in [0.5, 0.6) is 0 Å². The minimum atomic E-state index is 0.301. The number of pyridine rings is 1. The number of hydrogen-bond donors (Lipinski definition) is 1. The maximum atomic E-state index is 4.40. The van der Waals surface area contributed by atoms with E-state index in [9.17, 15) is 0 Å². The normalized spacial score (nSPS) is 11.9. The first kappa shape index (κ1) is 14.5. The molecule has 0 atom stereocenters. The highest BCUT2D eigenvalue weighted by Gasteiger charge is 2.19. The molecule has 0 aromatic carbocycles. The van der Waals surface area contributed by atoms with Crippen LogP contribution in [0.4, 0.5) is 5.82 Å². The number of aryl methyl sites for hydroxylation is 1. The van der Waals surface area contributed by atoms with Gasteiger partial charge in [0.15, 0.2) is 0 Å². The van der Waals surface area contributed by atoms with Crippen LogP contribution in [0.3, 0.4) is 0 Å². The highest BCUT2D eigenvalue weighted by atomic mass is 79.9. The fraction of sp³-hybridized carbons (Fsp3) is 0.643. The topological polar surface area (TPSA) is 24.9 Å². The summed E-state index contributed by atoms with van der Waals surface area (Å²) in [5.41, 5.74) is 1.48. The van der Waals surface area contributed by atoms with E-state index >= 15 is 0 Å². The molecule has 1 aromatic rings. The Morgan fingerprint density at radius 3 is 2.59 bits per heavy atom. The lowest BCUT2D eigenvalue weighted by Gasteiger charge is -2.27. The predicted octanol–water partition coefficient (Wildman–Crippen LogP) is 4.64. The molecule has 0 aliphatic carbocycles. The molecule has 0 unspecified atom stereocenters. The summed E-state index contributed by atoms with van der Waals surface area (Å²) < 4.78 is 1.03. The zero-order valence-electron chi connectivity index (χ0n) is 11.5. The summed E-state index contributed by atoms with van der Waals surface area (Å²) in [7, 11) is 0. The van der Waals surface area contributed by atoms with Crippen LogP contribution < -0.4 is 5.32 Å². The Labute approximate surface area is 113 Å². The number of hydrogen-bond acceptors (Lipinski definition) is 2. The molecule has 0 aliphatic heterocycles. The minimum absolute atomic E-state index is 0.301. The van der Waals surface area contributed by atoms with Crippen molar-refractivity contribution in [3.05, 3.63) is 22.3 Å². The van der Waals surface area contributed by atoms with Crippen molar-refractivity contribution in [3.8, 4) is 0 Å². The standard InChI is InChI=1S/C14H23BrN2/c1-10(2)7-14(4,5)9-17-13-11(3)6-12(15)8-16-13/h6,8,10H,7,9H2,1-5H3,(H,16,17). The van der Waals surface area contributed by atoms with Gasteiger partial charge in [-0.2, -0.15) is 0 Å². The van der Waals surface area contributed by atoms with Gasteiger partial charge in [0.2, 0.25) is 0 Å². The summed E-state index contributed by atoms with van der Waals surface area (Å²) in [6, 6.07) is 2.09. The molecule has 0 spiro atoms. The second kappa shape index (κ2) is 5.85. The molecule has 1 N–H and O–H groups in total. The van der Waals surface area contributed by atoms with Crippen LogP contribution in [0.15, 0.2) is 16.7 Å². The fourth-order valence-corrected chi connectivity index (χ4v) is 2.67. The molecule has 0 amide bonds. The van der Waals surface area contributed by atoms with Gasteiger partial charge in [0.05, 0.1) is 0 Å². The van der Waals surface area contributed by atoms with E-state index in [1.807, 2.05) is 6.20 Å². The Balaban J connectivity index is 2.61. The molecular weight excluding hydrogens is 276 g/mol. The van der Waals surface area contributed by atoms with Crippen LogP contribution in [-0.2, 0) is 0 Å². The third kappa shape index (κ3) is 5.07. The van der Waals surface area contributed by atoms with Crippen LogP contribution in [0.2, 0.25) is 0 Å². The smallest absolute Gasteiger partial charge is 0.128 e. The zero-order chi connectivity index (χ0) is 13.1. The van der Waals surface area contributed by atoms with Crippen LogP contribution in [0, 0.1) is 18.3 Å². The van der Waals surface area contributed by atoms with Gasteiger partial charge in [-0.25, -0.2) is 4.98 Å². The lowest BCUT2D eigenvalue weighted by molar-refractivity contribution is 0.306. The SMILES string of the molecule is Cc1cc(Br)cnc1NCC(C)(C)CC(C)C. The first-order valence-corrected chi connectivity index (χ1v) is 6.95. The maximum Gasteiger partial charge on any atom is 0.128 e. The molecule has 0 fully saturated rings. The molecule has 1 rings (SSSR count). The Morgan fingerprint density at radius 1 is 1.41 bits per heavy atom. The number of nitrogens with zero attached hydrogens (tertiary/aromatic N) is 1. The van der Waals surface area contributed by atoms with E-state index in [1.54, 1.807) is 0 Å². The predicted molar refractivity (Wildman–Crippen MR) is 78.4 cm³/mol. The molecule has 3 heteroatoms. The summed E-state index contributed by atoms with van der Waals surface area (Å²) in [4.78, 5) is 4.40. The third-order valence-electron chi connectivity index (χ3n) is 2.74. The average molecular weight is 299 g/mol. The van der Waals surface area contributed by atoms with E-state index in [0.29, 0.717) is 5.41 Å². The second-order valence-electron chi connectivity index (χ2n) is 5.93. The van der Waals surface area contributed by atoms with E-state index in [1.165, 1.54) is 12.0 Å². The first-order valence-electron chi connectivity index (χ1n) is 6.16. The lowest BCUT2D eigenvalue weighted by atomic mass is 9.84. The monoisotopic (exact) mass is 298 g/mol. The van der Waals surface area contributed by atoms with Crippen LogP contribution in [0.1, 0.15) is 39.7 Å². The van der Waals surface area contributed by atoms with E-state index in [4.69, 9.17) is 0 Å². The summed E-state index contributed by atoms with van der Waals surface area (Å²) in [5, 5.41) is 3.45. The minimum Gasteiger partial charge on any atom is -0.369 e. The van der Waals surface area contributed by atoms with Crippen LogP contribution in [-0.4, -0.2) is 11.5 Å². The van der Waals surface area contributed by atoms with Gasteiger partial charge >= 0.3 is 0 Å². The molecule has 0 radical (unpaired) electrons. The molecule has 1 heterocycles. The lowest BCUT2D eigenvalue weighted by Crippen LogP contribution is -2.25. The second-order valence-corrected chi connectivity index (χ2v) is 6.85. The van der Waals surface area contributed by atoms with Gasteiger partial charge in [0.25, 0.3) is 0 Å². The average Bonchev–Trinajstić information content (AvgIpc) is 2.14. The molecule has 0 aliphatic rings. The summed E-state index contributed by atoms with van der Waals surface area (Å²) in [5.74, 6) is 1.72. The van der Waals surface area contributed by atoms with Gasteiger partial charge in [-0.15, -0.1) is 0 Å². The van der Waals surface area contributed by atoms with Crippen molar-refractivity contribution in [1.29, 1.82) is 0 Å². The highest BCUT2D eigenvalue weighted by molar-refractivity contribution is 9.10. The summed E-state index contributed by atoms with van der Waals surface area (Å²) in [6.07, 6.45) is 3.06. The van der Waals surface area contributed by atoms with Gasteiger partial charge in [0, 0.05) is 17.2 Å². The number of halogens is 1. The van der Waals surface area contributed by atoms with Crippen molar-refractivity contribution < 1.29 is 0 Å². The molecule has 1 aromatic heterocycles. The fourth-order valence-electron chi connectivity index (χ4n) is 2.23. The Hall–Kier alpha value is -0.570. The summed E-state index contributed by atoms with van der Waals surface area (Å²) >= 11 is 3.43. The van der Waals surface area contributed by atoms with Crippen molar-refractivity contribution in [2.45, 2.75) is 41.0 Å². The van der Waals surface area contributed by atoms with Gasteiger partial charge in [-0.3, -0.25) is 0 Å². The Bertz CT molecular complexity index is 372. The molecule has 0 saturated heterocycles. The molecular formula is C14H23BrN2. The maximum absolute atomic E-state index is 4.40. The van der Waals surface area contributed by atoms with Crippen molar-refractivity contribution in [3.63, 3.8) is 0 Å².